The summed E-state index contributed by atoms with van der Waals surface area (Å²) in [6, 6.07) is 0. The van der Waals surface area contributed by atoms with E-state index in [1.807, 2.05) is 0 Å². The Morgan fingerprint density at radius 1 is 0.225 bits per heavy atom. The van der Waals surface area contributed by atoms with E-state index in [9.17, 15) is 15.3 Å². The number of rotatable bonds is 30. The summed E-state index contributed by atoms with van der Waals surface area (Å²) in [5.41, 5.74) is 0. The van der Waals surface area contributed by atoms with Crippen LogP contribution in [0.2, 0.25) is 0 Å². The van der Waals surface area contributed by atoms with Crippen molar-refractivity contribution in [3.63, 3.8) is 0 Å². The maximum Gasteiger partial charge on any atom is 3.00 e. The molecule has 0 N–H and O–H groups in total. The van der Waals surface area contributed by atoms with Crippen LogP contribution in [0.4, 0.5) is 0 Å². The molecule has 0 saturated carbocycles. The first-order valence-corrected chi connectivity index (χ1v) is 18.0. The third-order valence-electron chi connectivity index (χ3n) is 7.49. The Balaban J connectivity index is -0.000000240. The van der Waals surface area contributed by atoms with Gasteiger partial charge in [-0.1, -0.05) is 213 Å². The number of hydrogen-bond donors (Lipinski definition) is 0. The van der Waals surface area contributed by atoms with E-state index in [2.05, 4.69) is 20.8 Å². The molecule has 240 valence electrons. The molecule has 0 amide bonds. The molecule has 0 rings (SSSR count). The Hall–Kier alpha value is 0.412. The van der Waals surface area contributed by atoms with Crippen LogP contribution in [-0.2, 0) is 0 Å². The van der Waals surface area contributed by atoms with Gasteiger partial charge in [0, 0.05) is 0 Å². The fourth-order valence-corrected chi connectivity index (χ4v) is 4.77. The van der Waals surface area contributed by atoms with Gasteiger partial charge in [0.1, 0.15) is 0 Å². The molecule has 0 saturated heterocycles. The average Bonchev–Trinajstić information content (AvgIpc) is 2.95. The van der Waals surface area contributed by atoms with E-state index in [-0.39, 0.29) is 37.2 Å². The van der Waals surface area contributed by atoms with Gasteiger partial charge in [-0.3, -0.25) is 0 Å². The van der Waals surface area contributed by atoms with Crippen molar-refractivity contribution in [2.45, 2.75) is 213 Å². The standard InChI is InChI=1S/3C12H25O.Al/c3*1-2-3-4-5-6-7-8-9-10-11-12-13;/h3*2-12H2,1H3;/q3*-1;+3. The van der Waals surface area contributed by atoms with E-state index in [0.717, 1.165) is 38.5 Å². The Bertz CT molecular complexity index is 273. The van der Waals surface area contributed by atoms with E-state index in [1.165, 1.54) is 154 Å². The molecule has 0 aliphatic heterocycles. The summed E-state index contributed by atoms with van der Waals surface area (Å²) >= 11 is 0. The van der Waals surface area contributed by atoms with Crippen molar-refractivity contribution in [2.75, 3.05) is 19.8 Å². The Morgan fingerprint density at radius 2 is 0.350 bits per heavy atom. The molecular formula is C36H75AlO3. The fourth-order valence-electron chi connectivity index (χ4n) is 4.77. The molecule has 0 aromatic heterocycles. The van der Waals surface area contributed by atoms with Gasteiger partial charge in [0.05, 0.1) is 0 Å². The van der Waals surface area contributed by atoms with E-state index >= 15 is 0 Å². The van der Waals surface area contributed by atoms with Crippen LogP contribution in [0.25, 0.3) is 0 Å². The third-order valence-corrected chi connectivity index (χ3v) is 7.49. The molecule has 0 aliphatic rings. The first-order valence-electron chi connectivity index (χ1n) is 18.0. The fraction of sp³-hybridized carbons (Fsp3) is 1.00. The van der Waals surface area contributed by atoms with Gasteiger partial charge in [-0.25, -0.2) is 0 Å². The van der Waals surface area contributed by atoms with Gasteiger partial charge < -0.3 is 15.3 Å². The van der Waals surface area contributed by atoms with Crippen LogP contribution in [0.3, 0.4) is 0 Å². The second-order valence-electron chi connectivity index (χ2n) is 11.7. The molecule has 0 fully saturated rings. The van der Waals surface area contributed by atoms with Gasteiger partial charge in [0.15, 0.2) is 0 Å². The minimum atomic E-state index is 0. The second kappa shape index (κ2) is 52.1. The molecule has 0 aromatic rings. The quantitative estimate of drug-likeness (QED) is 0.0625. The van der Waals surface area contributed by atoms with E-state index in [0.29, 0.717) is 0 Å². The van der Waals surface area contributed by atoms with Crippen molar-refractivity contribution >= 4 is 17.4 Å². The molecule has 0 bridgehead atoms. The van der Waals surface area contributed by atoms with E-state index in [1.54, 1.807) is 0 Å². The SMILES string of the molecule is CCCCCCCCCCCC[O-].CCCCCCCCCCCC[O-].CCCCCCCCCCCC[O-].[Al+3]. The van der Waals surface area contributed by atoms with Gasteiger partial charge in [0.25, 0.3) is 0 Å². The zero-order valence-electron chi connectivity index (χ0n) is 28.1. The van der Waals surface area contributed by atoms with Crippen LogP contribution in [0.1, 0.15) is 213 Å². The first kappa shape index (κ1) is 47.3. The molecule has 40 heavy (non-hydrogen) atoms. The van der Waals surface area contributed by atoms with E-state index in [4.69, 9.17) is 0 Å². The predicted molar refractivity (Wildman–Crippen MR) is 176 cm³/mol. The summed E-state index contributed by atoms with van der Waals surface area (Å²) < 4.78 is 0. The maximum absolute atomic E-state index is 10.1. The zero-order valence-corrected chi connectivity index (χ0v) is 29.3. The Morgan fingerprint density at radius 3 is 0.475 bits per heavy atom. The summed E-state index contributed by atoms with van der Waals surface area (Å²) in [5, 5.41) is 30.4. The summed E-state index contributed by atoms with van der Waals surface area (Å²) in [5.74, 6) is 0. The molecule has 0 unspecified atom stereocenters. The molecule has 0 radical (unpaired) electrons. The summed E-state index contributed by atoms with van der Waals surface area (Å²) in [6.07, 6.45) is 39.0. The average molecular weight is 583 g/mol. The molecule has 0 spiro atoms. The minimum absolute atomic E-state index is 0. The normalized spacial score (nSPS) is 10.3. The molecule has 3 nitrogen and oxygen atoms in total. The first-order chi connectivity index (χ1) is 19.2. The summed E-state index contributed by atoms with van der Waals surface area (Å²) in [4.78, 5) is 0. The minimum Gasteiger partial charge on any atom is -0.854 e. The van der Waals surface area contributed by atoms with Crippen LogP contribution >= 0.6 is 0 Å². The van der Waals surface area contributed by atoms with Crippen LogP contribution in [-0.4, -0.2) is 37.2 Å². The van der Waals surface area contributed by atoms with Crippen molar-refractivity contribution in [1.82, 2.24) is 0 Å². The van der Waals surface area contributed by atoms with Gasteiger partial charge >= 0.3 is 17.4 Å². The second-order valence-corrected chi connectivity index (χ2v) is 11.7. The zero-order chi connectivity index (χ0) is 29.3. The molecule has 0 atom stereocenters. The molecular weight excluding hydrogens is 507 g/mol. The topological polar surface area (TPSA) is 69.2 Å². The predicted octanol–water partition coefficient (Wildman–Crippen LogP) is 9.42. The van der Waals surface area contributed by atoms with Crippen molar-refractivity contribution in [2.24, 2.45) is 0 Å². The maximum atomic E-state index is 10.1. The van der Waals surface area contributed by atoms with Crippen molar-refractivity contribution in [3.8, 4) is 0 Å². The monoisotopic (exact) mass is 583 g/mol. The van der Waals surface area contributed by atoms with Crippen molar-refractivity contribution in [3.05, 3.63) is 0 Å². The van der Waals surface area contributed by atoms with Gasteiger partial charge in [-0.2, -0.15) is 0 Å². The number of hydrogen-bond acceptors (Lipinski definition) is 3. The van der Waals surface area contributed by atoms with Gasteiger partial charge in [-0.15, -0.1) is 19.8 Å². The molecule has 0 aromatic carbocycles. The third kappa shape index (κ3) is 58.1. The smallest absolute Gasteiger partial charge is 0.854 e. The largest absolute Gasteiger partial charge is 3.00 e. The Labute approximate surface area is 265 Å². The van der Waals surface area contributed by atoms with Crippen LogP contribution in [0.5, 0.6) is 0 Å². The number of unbranched alkanes of at least 4 members (excludes halogenated alkanes) is 27. The van der Waals surface area contributed by atoms with Crippen LogP contribution in [0, 0.1) is 0 Å². The van der Waals surface area contributed by atoms with Gasteiger partial charge in [0.2, 0.25) is 0 Å². The van der Waals surface area contributed by atoms with Crippen LogP contribution in [0.15, 0.2) is 0 Å². The van der Waals surface area contributed by atoms with E-state index < -0.39 is 0 Å². The molecule has 0 aliphatic carbocycles. The van der Waals surface area contributed by atoms with Gasteiger partial charge in [-0.05, 0) is 0 Å². The summed E-state index contributed by atoms with van der Waals surface area (Å²) in [6.45, 7) is 7.12. The Kier molecular flexibility index (Phi) is 61.7. The molecule has 4 heteroatoms. The van der Waals surface area contributed by atoms with Crippen LogP contribution < -0.4 is 15.3 Å². The summed E-state index contributed by atoms with van der Waals surface area (Å²) in [7, 11) is 0. The van der Waals surface area contributed by atoms with Crippen molar-refractivity contribution < 1.29 is 15.3 Å². The van der Waals surface area contributed by atoms with Crippen molar-refractivity contribution in [1.29, 1.82) is 0 Å². The molecule has 0 heterocycles.